The van der Waals surface area contributed by atoms with E-state index in [-0.39, 0.29) is 18.9 Å². The molecule has 0 unspecified atom stereocenters. The van der Waals surface area contributed by atoms with Crippen LogP contribution in [0, 0.1) is 0 Å². The Morgan fingerprint density at radius 2 is 2.16 bits per heavy atom. The predicted molar refractivity (Wildman–Crippen MR) is 88.9 cm³/mol. The monoisotopic (exact) mass is 368 g/mol. The van der Waals surface area contributed by atoms with Gasteiger partial charge in [0.15, 0.2) is 6.10 Å². The average Bonchev–Trinajstić information content (AvgIpc) is 3.05. The number of methoxy groups -OCH3 is 1. The number of aromatic nitrogens is 1. The highest BCUT2D eigenvalue weighted by Crippen LogP contribution is 2.21. The number of ether oxygens (including phenoxy) is 2. The van der Waals surface area contributed by atoms with Crippen molar-refractivity contribution in [3.8, 4) is 0 Å². The molecule has 0 fully saturated rings. The normalized spacial score (nSPS) is 12.8. The van der Waals surface area contributed by atoms with E-state index in [1.807, 2.05) is 0 Å². The van der Waals surface area contributed by atoms with Crippen LogP contribution in [0.2, 0.25) is 0 Å². The molecule has 0 aliphatic heterocycles. The number of esters is 1. The first kappa shape index (κ1) is 20.6. The molecule has 1 N–H and O–H groups in total. The maximum Gasteiger partial charge on any atom is 0.328 e. The van der Waals surface area contributed by atoms with E-state index in [4.69, 9.17) is 15.0 Å². The summed E-state index contributed by atoms with van der Waals surface area (Å²) >= 11 is 1.24. The maximum absolute atomic E-state index is 12.4. The lowest BCUT2D eigenvalue weighted by Gasteiger charge is -2.21. The van der Waals surface area contributed by atoms with Crippen molar-refractivity contribution in [3.05, 3.63) is 22.1 Å². The Balaban J connectivity index is 2.83. The fourth-order valence-corrected chi connectivity index (χ4v) is 2.63. The summed E-state index contributed by atoms with van der Waals surface area (Å²) in [6, 6.07) is -1.03. The van der Waals surface area contributed by atoms with Crippen molar-refractivity contribution in [2.24, 2.45) is 0 Å². The van der Waals surface area contributed by atoms with Gasteiger partial charge in [0.25, 0.3) is 5.91 Å². The quantitative estimate of drug-likeness (QED) is 0.283. The Morgan fingerprint density at radius 1 is 1.44 bits per heavy atom. The SMILES string of the molecule is CO[C@H](C(=O)N[C@@H](CCC(=O)C=[N+]=[N-])C(=O)OC(C)C)c1cncs1. The summed E-state index contributed by atoms with van der Waals surface area (Å²) in [6.07, 6.45) is 0.850. The molecule has 136 valence electrons. The van der Waals surface area contributed by atoms with Crippen LogP contribution in [0.15, 0.2) is 11.7 Å². The van der Waals surface area contributed by atoms with E-state index >= 15 is 0 Å². The number of Topliss-reactive ketones (excluding diaryl/α,β-unsaturated/α-hetero) is 1. The zero-order chi connectivity index (χ0) is 18.8. The van der Waals surface area contributed by atoms with E-state index in [1.54, 1.807) is 19.4 Å². The van der Waals surface area contributed by atoms with Gasteiger partial charge in [-0.2, -0.15) is 4.79 Å². The number of ketones is 1. The Labute approximate surface area is 149 Å². The van der Waals surface area contributed by atoms with Gasteiger partial charge < -0.3 is 20.3 Å². The van der Waals surface area contributed by atoms with Crippen molar-refractivity contribution in [1.82, 2.24) is 10.3 Å². The van der Waals surface area contributed by atoms with E-state index in [0.717, 1.165) is 6.21 Å². The highest BCUT2D eigenvalue weighted by atomic mass is 32.1. The topological polar surface area (TPSA) is 131 Å². The van der Waals surface area contributed by atoms with Gasteiger partial charge in [0.2, 0.25) is 5.78 Å². The molecule has 1 rings (SSSR count). The first-order valence-electron chi connectivity index (χ1n) is 7.51. The third kappa shape index (κ3) is 6.92. The molecule has 0 bridgehead atoms. The molecule has 0 saturated heterocycles. The number of carbonyl (C=O) groups excluding carboxylic acids is 3. The Kier molecular flexibility index (Phi) is 8.62. The minimum Gasteiger partial charge on any atom is -0.461 e. The Hall–Kier alpha value is -2.42. The summed E-state index contributed by atoms with van der Waals surface area (Å²) < 4.78 is 10.3. The molecule has 0 saturated carbocycles. The molecule has 1 heterocycles. The van der Waals surface area contributed by atoms with Crippen LogP contribution in [-0.2, 0) is 23.9 Å². The third-order valence-electron chi connectivity index (χ3n) is 3.02. The molecule has 0 radical (unpaired) electrons. The second-order valence-electron chi connectivity index (χ2n) is 5.32. The molecule has 0 spiro atoms. The zero-order valence-electron chi connectivity index (χ0n) is 14.2. The summed E-state index contributed by atoms with van der Waals surface area (Å²) in [6.45, 7) is 3.35. The first-order valence-corrected chi connectivity index (χ1v) is 8.39. The van der Waals surface area contributed by atoms with Crippen LogP contribution < -0.4 is 5.32 Å². The second-order valence-corrected chi connectivity index (χ2v) is 6.23. The van der Waals surface area contributed by atoms with E-state index < -0.39 is 29.8 Å². The van der Waals surface area contributed by atoms with Gasteiger partial charge in [-0.3, -0.25) is 14.6 Å². The summed E-state index contributed by atoms with van der Waals surface area (Å²) in [4.78, 5) is 43.2. The van der Waals surface area contributed by atoms with Gasteiger partial charge in [0, 0.05) is 19.7 Å². The van der Waals surface area contributed by atoms with Crippen LogP contribution in [0.4, 0.5) is 0 Å². The average molecular weight is 368 g/mol. The Morgan fingerprint density at radius 3 is 2.68 bits per heavy atom. The first-order chi connectivity index (χ1) is 11.9. The highest BCUT2D eigenvalue weighted by Gasteiger charge is 2.29. The van der Waals surface area contributed by atoms with Gasteiger partial charge in [-0.05, 0) is 20.3 Å². The molecule has 1 aromatic rings. The lowest BCUT2D eigenvalue weighted by molar-refractivity contribution is -0.152. The third-order valence-corrected chi connectivity index (χ3v) is 3.84. The maximum atomic E-state index is 12.4. The van der Waals surface area contributed by atoms with Gasteiger partial charge in [-0.25, -0.2) is 4.79 Å². The van der Waals surface area contributed by atoms with Gasteiger partial charge in [0.05, 0.1) is 16.5 Å². The molecule has 1 aromatic heterocycles. The molecule has 2 atom stereocenters. The molecular weight excluding hydrogens is 348 g/mol. The molecule has 25 heavy (non-hydrogen) atoms. The van der Waals surface area contributed by atoms with Crippen molar-refractivity contribution < 1.29 is 28.6 Å². The number of rotatable bonds is 10. The lowest BCUT2D eigenvalue weighted by Crippen LogP contribution is -2.45. The standard InChI is InChI=1S/C15H20N4O5S/c1-9(2)24-15(22)11(5-4-10(20)6-18-16)19-14(21)13(23-3)12-7-17-8-25-12/h6-9,11,13H,4-5H2,1-3H3,(H,19,21)/t11-,13-/m0/s1. The van der Waals surface area contributed by atoms with Gasteiger partial charge in [-0.1, -0.05) is 0 Å². The zero-order valence-corrected chi connectivity index (χ0v) is 15.0. The number of nitrogens with one attached hydrogen (secondary N) is 1. The fraction of sp³-hybridized carbons (Fsp3) is 0.533. The molecular formula is C15H20N4O5S. The summed E-state index contributed by atoms with van der Waals surface area (Å²) in [5.74, 6) is -1.68. The van der Waals surface area contributed by atoms with Crippen LogP contribution in [0.5, 0.6) is 0 Å². The number of hydrogen-bond donors (Lipinski definition) is 1. The smallest absolute Gasteiger partial charge is 0.328 e. The van der Waals surface area contributed by atoms with Crippen LogP contribution in [0.1, 0.15) is 37.7 Å². The van der Waals surface area contributed by atoms with Crippen molar-refractivity contribution in [2.75, 3.05) is 7.11 Å². The summed E-state index contributed by atoms with van der Waals surface area (Å²) in [5.41, 5.74) is 9.91. The highest BCUT2D eigenvalue weighted by molar-refractivity contribution is 7.09. The van der Waals surface area contributed by atoms with Crippen molar-refractivity contribution in [3.63, 3.8) is 0 Å². The van der Waals surface area contributed by atoms with Crippen LogP contribution in [0.25, 0.3) is 5.53 Å². The number of hydrogen-bond acceptors (Lipinski definition) is 7. The summed E-state index contributed by atoms with van der Waals surface area (Å²) in [5, 5.41) is 2.54. The molecule has 0 aliphatic carbocycles. The van der Waals surface area contributed by atoms with Crippen molar-refractivity contribution in [2.45, 2.75) is 44.9 Å². The minimum absolute atomic E-state index is 0.00126. The predicted octanol–water partition coefficient (Wildman–Crippen LogP) is 0.917. The lowest BCUT2D eigenvalue weighted by atomic mass is 10.1. The van der Waals surface area contributed by atoms with Crippen LogP contribution in [-0.4, -0.2) is 52.9 Å². The fourth-order valence-electron chi connectivity index (χ4n) is 1.93. The van der Waals surface area contributed by atoms with Crippen molar-refractivity contribution >= 4 is 35.2 Å². The molecule has 10 heteroatoms. The van der Waals surface area contributed by atoms with E-state index in [1.165, 1.54) is 24.6 Å². The molecule has 1 amide bonds. The Bertz CT molecular complexity index is 640. The largest absolute Gasteiger partial charge is 0.461 e. The van der Waals surface area contributed by atoms with E-state index in [0.29, 0.717) is 4.88 Å². The van der Waals surface area contributed by atoms with Gasteiger partial charge in [-0.15, -0.1) is 11.3 Å². The van der Waals surface area contributed by atoms with Crippen molar-refractivity contribution in [1.29, 1.82) is 0 Å². The van der Waals surface area contributed by atoms with E-state index in [9.17, 15) is 14.4 Å². The number of nitrogens with zero attached hydrogens (tertiary/aromatic N) is 3. The minimum atomic E-state index is -1.03. The molecule has 0 aliphatic rings. The van der Waals surface area contributed by atoms with Crippen LogP contribution >= 0.6 is 11.3 Å². The molecule has 9 nitrogen and oxygen atoms in total. The van der Waals surface area contributed by atoms with Gasteiger partial charge >= 0.3 is 12.2 Å². The number of thiazole rings is 1. The second kappa shape index (κ2) is 10.4. The van der Waals surface area contributed by atoms with Gasteiger partial charge in [0.1, 0.15) is 6.04 Å². The molecule has 0 aromatic carbocycles. The number of carbonyl (C=O) groups is 3. The number of amides is 1. The van der Waals surface area contributed by atoms with E-state index in [2.05, 4.69) is 15.1 Å². The van der Waals surface area contributed by atoms with Crippen LogP contribution in [0.3, 0.4) is 0 Å². The summed E-state index contributed by atoms with van der Waals surface area (Å²) in [7, 11) is 1.37.